The second kappa shape index (κ2) is 11.1. The molecule has 12 heteroatoms. The molecule has 1 atom stereocenters. The van der Waals surface area contributed by atoms with E-state index in [4.69, 9.17) is 4.74 Å². The van der Waals surface area contributed by atoms with Crippen molar-refractivity contribution < 1.29 is 38.8 Å². The molecule has 2 amide bonds. The lowest BCUT2D eigenvalue weighted by Gasteiger charge is -2.37. The quantitative estimate of drug-likeness (QED) is 0.215. The Bertz CT molecular complexity index is 1220. The number of carbonyl (C=O) groups is 3. The third kappa shape index (κ3) is 5.13. The summed E-state index contributed by atoms with van der Waals surface area (Å²) in [4.78, 5) is 39.0. The number of amides is 2. The number of halogens is 1. The van der Waals surface area contributed by atoms with Gasteiger partial charge >= 0.3 is 0 Å². The van der Waals surface area contributed by atoms with Gasteiger partial charge in [0.2, 0.25) is 5.72 Å². The number of likely N-dealkylation sites (N-methyl/N-ethyl adjacent to an activating group) is 1. The Morgan fingerprint density at radius 2 is 1.92 bits per heavy atom. The van der Waals surface area contributed by atoms with Crippen LogP contribution in [-0.2, 0) is 33.3 Å². The number of benzene rings is 2. The predicted octanol–water partition coefficient (Wildman–Crippen LogP) is 0.234. The third-order valence-corrected chi connectivity index (χ3v) is 6.97. The molecule has 0 spiro atoms. The summed E-state index contributed by atoms with van der Waals surface area (Å²) >= 11 is 0. The minimum Gasteiger partial charge on any atom is -0.381 e. The zero-order valence-electron chi connectivity index (χ0n) is 20.9. The van der Waals surface area contributed by atoms with Crippen molar-refractivity contribution in [2.24, 2.45) is 0 Å². The van der Waals surface area contributed by atoms with Crippen LogP contribution in [0, 0.1) is 5.82 Å². The molecular formula is C26H31FN4O7. The van der Waals surface area contributed by atoms with Crippen LogP contribution in [0.4, 0.5) is 10.1 Å². The monoisotopic (exact) mass is 530 g/mol. The van der Waals surface area contributed by atoms with Crippen molar-refractivity contribution in [1.29, 1.82) is 0 Å². The molecule has 1 fully saturated rings. The molecule has 4 rings (SSSR count). The number of ether oxygens (including phenoxy) is 1. The average molecular weight is 531 g/mol. The topological polar surface area (TPSA) is 152 Å². The van der Waals surface area contributed by atoms with Gasteiger partial charge in [-0.1, -0.05) is 6.07 Å². The van der Waals surface area contributed by atoms with Crippen molar-refractivity contribution in [3.8, 4) is 0 Å². The first-order chi connectivity index (χ1) is 18.1. The first-order valence-electron chi connectivity index (χ1n) is 12.3. The number of hydrogen-bond donors (Lipinski definition) is 5. The van der Waals surface area contributed by atoms with E-state index in [9.17, 15) is 34.1 Å². The summed E-state index contributed by atoms with van der Waals surface area (Å²) < 4.78 is 20.0. The molecule has 0 bridgehead atoms. The smallest absolute Gasteiger partial charge is 0.273 e. The predicted molar refractivity (Wildman–Crippen MR) is 133 cm³/mol. The minimum atomic E-state index is -2.31. The van der Waals surface area contributed by atoms with E-state index in [1.807, 2.05) is 0 Å². The molecule has 2 aliphatic heterocycles. The van der Waals surface area contributed by atoms with Gasteiger partial charge in [-0.3, -0.25) is 14.5 Å². The normalized spacial score (nSPS) is 17.6. The van der Waals surface area contributed by atoms with E-state index in [0.29, 0.717) is 43.8 Å². The Balaban J connectivity index is 1.56. The number of nitrogens with zero attached hydrogens (tertiary/aromatic N) is 2. The highest BCUT2D eigenvalue weighted by molar-refractivity contribution is 6.03. The lowest BCUT2D eigenvalue weighted by molar-refractivity contribution is -0.286. The van der Waals surface area contributed by atoms with Crippen molar-refractivity contribution in [1.82, 2.24) is 15.1 Å². The minimum absolute atomic E-state index is 0.0473. The van der Waals surface area contributed by atoms with Crippen LogP contribution in [0.25, 0.3) is 0 Å². The molecule has 11 nitrogen and oxygen atoms in total. The maximum atomic E-state index is 14.7. The molecule has 204 valence electrons. The van der Waals surface area contributed by atoms with Crippen molar-refractivity contribution in [3.05, 3.63) is 64.5 Å². The Hall–Kier alpha value is -3.42. The van der Waals surface area contributed by atoms with Gasteiger partial charge < -0.3 is 35.5 Å². The molecule has 2 aromatic carbocycles. The standard InChI is InChI=1S/C26H31FN4O7/c1-28-24(34)25(35,8-3-11-32)31-16-20-19(23(31)33)4-2-5-22(20)29-15-17-14-18(6-7-21(17)27)26(36,37)30-9-12-38-13-10-30/h2,4-7,11,14,29,35-37H,3,8-10,12-13,15-16H2,1H3,(H,28,34). The van der Waals surface area contributed by atoms with Gasteiger partial charge in [-0.2, -0.15) is 0 Å². The van der Waals surface area contributed by atoms with Gasteiger partial charge in [-0.25, -0.2) is 9.29 Å². The Kier molecular flexibility index (Phi) is 8.09. The molecule has 2 aliphatic rings. The van der Waals surface area contributed by atoms with Gasteiger partial charge in [0.25, 0.3) is 17.7 Å². The summed E-state index contributed by atoms with van der Waals surface area (Å²) in [5.74, 6) is -4.26. The molecule has 0 aromatic heterocycles. The van der Waals surface area contributed by atoms with Gasteiger partial charge in [-0.15, -0.1) is 0 Å². The number of aliphatic hydroxyl groups is 3. The molecule has 1 saturated heterocycles. The van der Waals surface area contributed by atoms with Crippen LogP contribution in [0.15, 0.2) is 36.4 Å². The number of aldehydes is 1. The summed E-state index contributed by atoms with van der Waals surface area (Å²) in [6.07, 6.45) is 0.153. The first-order valence-corrected chi connectivity index (χ1v) is 12.3. The van der Waals surface area contributed by atoms with Gasteiger partial charge in [0.05, 0.1) is 19.8 Å². The van der Waals surface area contributed by atoms with Crippen LogP contribution in [0.5, 0.6) is 0 Å². The molecule has 2 heterocycles. The maximum absolute atomic E-state index is 14.7. The van der Waals surface area contributed by atoms with Gasteiger partial charge in [0, 0.05) is 67.5 Å². The largest absolute Gasteiger partial charge is 0.381 e. The maximum Gasteiger partial charge on any atom is 0.273 e. The summed E-state index contributed by atoms with van der Waals surface area (Å²) in [7, 11) is 1.32. The highest BCUT2D eigenvalue weighted by atomic mass is 19.1. The average Bonchev–Trinajstić information content (AvgIpc) is 3.28. The van der Waals surface area contributed by atoms with Crippen molar-refractivity contribution in [2.45, 2.75) is 37.6 Å². The summed E-state index contributed by atoms with van der Waals surface area (Å²) in [5, 5.41) is 38.1. The zero-order valence-corrected chi connectivity index (χ0v) is 20.9. The molecule has 0 saturated carbocycles. The van der Waals surface area contributed by atoms with Crippen molar-refractivity contribution in [3.63, 3.8) is 0 Å². The molecule has 2 aromatic rings. The van der Waals surface area contributed by atoms with Gasteiger partial charge in [0.1, 0.15) is 12.1 Å². The van der Waals surface area contributed by atoms with E-state index in [0.717, 1.165) is 11.0 Å². The Morgan fingerprint density at radius 1 is 1.18 bits per heavy atom. The fourth-order valence-corrected chi connectivity index (χ4v) is 4.80. The van der Waals surface area contributed by atoms with E-state index >= 15 is 0 Å². The number of hydrogen-bond acceptors (Lipinski definition) is 9. The number of carbonyl (C=O) groups excluding carboxylic acids is 3. The summed E-state index contributed by atoms with van der Waals surface area (Å²) in [5.41, 5.74) is -0.735. The highest BCUT2D eigenvalue weighted by Gasteiger charge is 2.48. The number of rotatable bonds is 10. The molecule has 0 aliphatic carbocycles. The number of nitrogens with one attached hydrogen (secondary N) is 2. The molecule has 0 radical (unpaired) electrons. The van der Waals surface area contributed by atoms with Gasteiger partial charge in [-0.05, 0) is 30.3 Å². The first kappa shape index (κ1) is 27.6. The van der Waals surface area contributed by atoms with Crippen LogP contribution < -0.4 is 10.6 Å². The van der Waals surface area contributed by atoms with E-state index in [1.54, 1.807) is 18.2 Å². The second-order valence-corrected chi connectivity index (χ2v) is 9.22. The summed E-state index contributed by atoms with van der Waals surface area (Å²) in [6.45, 7) is 1.13. The molecule has 1 unspecified atom stereocenters. The van der Waals surface area contributed by atoms with Crippen molar-refractivity contribution >= 4 is 23.8 Å². The molecule has 5 N–H and O–H groups in total. The Morgan fingerprint density at radius 3 is 2.61 bits per heavy atom. The van der Waals surface area contributed by atoms with Crippen LogP contribution in [0.2, 0.25) is 0 Å². The third-order valence-electron chi connectivity index (χ3n) is 6.97. The van der Waals surface area contributed by atoms with E-state index < -0.39 is 29.3 Å². The number of anilines is 1. The van der Waals surface area contributed by atoms with Crippen LogP contribution in [-0.4, -0.2) is 82.3 Å². The fourth-order valence-electron chi connectivity index (χ4n) is 4.80. The van der Waals surface area contributed by atoms with Crippen molar-refractivity contribution in [2.75, 3.05) is 38.7 Å². The molecular weight excluding hydrogens is 499 g/mol. The van der Waals surface area contributed by atoms with E-state index in [2.05, 4.69) is 10.6 Å². The Labute approximate surface area is 218 Å². The fraction of sp³-hybridized carbons (Fsp3) is 0.423. The van der Waals surface area contributed by atoms with Gasteiger partial charge in [0.15, 0.2) is 0 Å². The second-order valence-electron chi connectivity index (χ2n) is 9.22. The lowest BCUT2D eigenvalue weighted by atomic mass is 10.0. The van der Waals surface area contributed by atoms with Crippen LogP contribution in [0.1, 0.15) is 39.9 Å². The number of fused-ring (bicyclic) bond motifs is 1. The van der Waals surface area contributed by atoms with Crippen LogP contribution >= 0.6 is 0 Å². The van der Waals surface area contributed by atoms with Crippen LogP contribution in [0.3, 0.4) is 0 Å². The highest BCUT2D eigenvalue weighted by Crippen LogP contribution is 2.35. The van der Waals surface area contributed by atoms with E-state index in [1.165, 1.54) is 24.1 Å². The van der Waals surface area contributed by atoms with E-state index in [-0.39, 0.29) is 42.6 Å². The zero-order chi connectivity index (χ0) is 27.5. The SMILES string of the molecule is CNC(=O)C(O)(CCC=O)N1Cc2c(NCc3cc(C(O)(O)N4CCOCC4)ccc3F)cccc2C1=O. The lowest BCUT2D eigenvalue weighted by Crippen LogP contribution is -2.58. The molecule has 38 heavy (non-hydrogen) atoms. The number of morpholine rings is 1. The summed E-state index contributed by atoms with van der Waals surface area (Å²) in [6, 6.07) is 8.68.